The predicted molar refractivity (Wildman–Crippen MR) is 79.4 cm³/mol. The summed E-state index contributed by atoms with van der Waals surface area (Å²) in [5.74, 6) is 0.230. The van der Waals surface area contributed by atoms with Gasteiger partial charge in [-0.3, -0.25) is 0 Å². The first kappa shape index (κ1) is 12.4. The van der Waals surface area contributed by atoms with E-state index in [1.165, 1.54) is 11.3 Å². The van der Waals surface area contributed by atoms with Crippen molar-refractivity contribution < 1.29 is 5.11 Å². The van der Waals surface area contributed by atoms with Crippen LogP contribution in [0.3, 0.4) is 0 Å². The molecule has 3 nitrogen and oxygen atoms in total. The Hall–Kier alpha value is -2.64. The zero-order valence-corrected chi connectivity index (χ0v) is 11.3. The fourth-order valence-corrected chi connectivity index (χ4v) is 2.76. The number of nitrogens with zero attached hydrogens (tertiary/aromatic N) is 2. The second-order valence-electron chi connectivity index (χ2n) is 4.24. The van der Waals surface area contributed by atoms with Crippen LogP contribution >= 0.6 is 11.3 Å². The molecule has 0 fully saturated rings. The van der Waals surface area contributed by atoms with Crippen LogP contribution < -0.4 is 0 Å². The van der Waals surface area contributed by atoms with Gasteiger partial charge in [-0.2, -0.15) is 5.26 Å². The quantitative estimate of drug-likeness (QED) is 0.769. The lowest BCUT2D eigenvalue weighted by molar-refractivity contribution is 0.477. The van der Waals surface area contributed by atoms with Gasteiger partial charge >= 0.3 is 0 Å². The van der Waals surface area contributed by atoms with Crippen molar-refractivity contribution >= 4 is 11.3 Å². The van der Waals surface area contributed by atoms with Crippen molar-refractivity contribution in [2.75, 3.05) is 0 Å². The Kier molecular flexibility index (Phi) is 3.20. The second kappa shape index (κ2) is 5.16. The smallest absolute Gasteiger partial charge is 0.127 e. The highest BCUT2D eigenvalue weighted by atomic mass is 32.1. The molecular formula is C16H10N2OS. The highest BCUT2D eigenvalue weighted by Gasteiger charge is 2.09. The number of hydrogen-bond acceptors (Lipinski definition) is 4. The van der Waals surface area contributed by atoms with Crippen molar-refractivity contribution in [3.8, 4) is 33.6 Å². The molecular weight excluding hydrogens is 268 g/mol. The molecule has 0 saturated heterocycles. The first-order valence-corrected chi connectivity index (χ1v) is 6.90. The summed E-state index contributed by atoms with van der Waals surface area (Å²) >= 11 is 1.49. The molecule has 0 aliphatic carbocycles. The lowest BCUT2D eigenvalue weighted by Crippen LogP contribution is -1.81. The Bertz CT molecular complexity index is 785. The van der Waals surface area contributed by atoms with Crippen molar-refractivity contribution in [2.24, 2.45) is 0 Å². The zero-order chi connectivity index (χ0) is 13.9. The Morgan fingerprint density at radius 2 is 1.80 bits per heavy atom. The Morgan fingerprint density at radius 1 is 1.05 bits per heavy atom. The van der Waals surface area contributed by atoms with Crippen molar-refractivity contribution in [3.05, 3.63) is 59.5 Å². The van der Waals surface area contributed by atoms with Gasteiger partial charge in [0.05, 0.1) is 22.9 Å². The monoisotopic (exact) mass is 278 g/mol. The average molecular weight is 278 g/mol. The van der Waals surface area contributed by atoms with Gasteiger partial charge in [-0.05, 0) is 24.3 Å². The van der Waals surface area contributed by atoms with Gasteiger partial charge in [-0.15, -0.1) is 11.3 Å². The number of aromatic nitrogens is 1. The molecule has 1 N–H and O–H groups in total. The fraction of sp³-hybridized carbons (Fsp3) is 0. The van der Waals surface area contributed by atoms with Crippen LogP contribution in [0.2, 0.25) is 0 Å². The molecule has 0 unspecified atom stereocenters. The standard InChI is InChI=1S/C16H10N2OS/c17-9-11-5-7-12(8-6-11)14-10-20-16(18-14)13-3-1-2-4-15(13)19/h1-8,10,19H. The number of hydrogen-bond donors (Lipinski definition) is 1. The number of thiazole rings is 1. The Balaban J connectivity index is 1.98. The van der Waals surface area contributed by atoms with Crippen molar-refractivity contribution in [3.63, 3.8) is 0 Å². The van der Waals surface area contributed by atoms with E-state index in [9.17, 15) is 5.11 Å². The largest absolute Gasteiger partial charge is 0.507 e. The van der Waals surface area contributed by atoms with Crippen LogP contribution in [0.4, 0.5) is 0 Å². The fourth-order valence-electron chi connectivity index (χ4n) is 1.90. The van der Waals surface area contributed by atoms with E-state index in [0.29, 0.717) is 5.56 Å². The molecule has 20 heavy (non-hydrogen) atoms. The molecule has 0 bridgehead atoms. The van der Waals surface area contributed by atoms with Crippen LogP contribution in [0.25, 0.3) is 21.8 Å². The minimum Gasteiger partial charge on any atom is -0.507 e. The maximum Gasteiger partial charge on any atom is 0.127 e. The molecule has 0 saturated carbocycles. The van der Waals surface area contributed by atoms with Crippen LogP contribution in [0, 0.1) is 11.3 Å². The number of phenolic OH excluding ortho intramolecular Hbond substituents is 1. The third-order valence-electron chi connectivity index (χ3n) is 2.95. The summed E-state index contributed by atoms with van der Waals surface area (Å²) in [7, 11) is 0. The third-order valence-corrected chi connectivity index (χ3v) is 3.82. The van der Waals surface area contributed by atoms with Gasteiger partial charge in [0.2, 0.25) is 0 Å². The molecule has 0 radical (unpaired) electrons. The number of benzene rings is 2. The van der Waals surface area contributed by atoms with Gasteiger partial charge in [0.15, 0.2) is 0 Å². The molecule has 0 atom stereocenters. The van der Waals surface area contributed by atoms with Crippen molar-refractivity contribution in [2.45, 2.75) is 0 Å². The highest BCUT2D eigenvalue weighted by molar-refractivity contribution is 7.13. The molecule has 0 aliphatic heterocycles. The van der Waals surface area contributed by atoms with E-state index < -0.39 is 0 Å². The summed E-state index contributed by atoms with van der Waals surface area (Å²) in [5.41, 5.74) is 3.17. The molecule has 1 heterocycles. The van der Waals surface area contributed by atoms with E-state index in [1.54, 1.807) is 24.3 Å². The van der Waals surface area contributed by atoms with Crippen LogP contribution in [0.1, 0.15) is 5.56 Å². The van der Waals surface area contributed by atoms with Gasteiger partial charge in [-0.25, -0.2) is 4.98 Å². The number of para-hydroxylation sites is 1. The van der Waals surface area contributed by atoms with Crippen LogP contribution in [-0.2, 0) is 0 Å². The first-order valence-electron chi connectivity index (χ1n) is 6.02. The van der Waals surface area contributed by atoms with E-state index in [4.69, 9.17) is 5.26 Å². The molecule has 4 heteroatoms. The summed E-state index contributed by atoms with van der Waals surface area (Å²) < 4.78 is 0. The molecule has 3 rings (SSSR count). The number of nitriles is 1. The summed E-state index contributed by atoms with van der Waals surface area (Å²) in [6.45, 7) is 0. The summed E-state index contributed by atoms with van der Waals surface area (Å²) in [5, 5.41) is 21.4. The summed E-state index contributed by atoms with van der Waals surface area (Å²) in [6.07, 6.45) is 0. The van der Waals surface area contributed by atoms with E-state index in [0.717, 1.165) is 21.8 Å². The van der Waals surface area contributed by atoms with Crippen molar-refractivity contribution in [1.82, 2.24) is 4.98 Å². The molecule has 2 aromatic carbocycles. The van der Waals surface area contributed by atoms with Gasteiger partial charge in [0.25, 0.3) is 0 Å². The normalized spacial score (nSPS) is 10.2. The van der Waals surface area contributed by atoms with Crippen molar-refractivity contribution in [1.29, 1.82) is 5.26 Å². The van der Waals surface area contributed by atoms with Gasteiger partial charge in [0, 0.05) is 10.9 Å². The lowest BCUT2D eigenvalue weighted by atomic mass is 10.1. The number of phenols is 1. The van der Waals surface area contributed by atoms with E-state index >= 15 is 0 Å². The molecule has 0 aliphatic rings. The molecule has 1 aromatic heterocycles. The van der Waals surface area contributed by atoms with Gasteiger partial charge in [0.1, 0.15) is 10.8 Å². The maximum absolute atomic E-state index is 9.84. The zero-order valence-electron chi connectivity index (χ0n) is 10.4. The highest BCUT2D eigenvalue weighted by Crippen LogP contribution is 2.33. The van der Waals surface area contributed by atoms with Crippen LogP contribution in [0.15, 0.2) is 53.9 Å². The van der Waals surface area contributed by atoms with Gasteiger partial charge < -0.3 is 5.11 Å². The topological polar surface area (TPSA) is 56.9 Å². The van der Waals surface area contributed by atoms with E-state index in [2.05, 4.69) is 11.1 Å². The van der Waals surface area contributed by atoms with E-state index in [1.807, 2.05) is 29.6 Å². The summed E-state index contributed by atoms with van der Waals surface area (Å²) in [4.78, 5) is 4.54. The second-order valence-corrected chi connectivity index (χ2v) is 5.10. The molecule has 0 spiro atoms. The summed E-state index contributed by atoms with van der Waals surface area (Å²) in [6, 6.07) is 16.5. The molecule has 96 valence electrons. The number of aromatic hydroxyl groups is 1. The average Bonchev–Trinajstić information content (AvgIpc) is 2.97. The van der Waals surface area contributed by atoms with Crippen LogP contribution in [0.5, 0.6) is 5.75 Å². The number of rotatable bonds is 2. The first-order chi connectivity index (χ1) is 9.78. The van der Waals surface area contributed by atoms with Crippen LogP contribution in [-0.4, -0.2) is 10.1 Å². The predicted octanol–water partition coefficient (Wildman–Crippen LogP) is 4.05. The molecule has 3 aromatic rings. The van der Waals surface area contributed by atoms with E-state index in [-0.39, 0.29) is 5.75 Å². The SMILES string of the molecule is N#Cc1ccc(-c2csc(-c3ccccc3O)n2)cc1. The lowest BCUT2D eigenvalue weighted by Gasteiger charge is -1.99. The third kappa shape index (κ3) is 2.27. The van der Waals surface area contributed by atoms with Gasteiger partial charge in [-0.1, -0.05) is 24.3 Å². The molecule has 0 amide bonds. The Morgan fingerprint density at radius 3 is 2.50 bits per heavy atom. The maximum atomic E-state index is 9.84. The Labute approximate surface area is 120 Å². The minimum absolute atomic E-state index is 0.230. The minimum atomic E-state index is 0.230.